The molecule has 3 nitrogen and oxygen atoms in total. The third kappa shape index (κ3) is 5.53. The first-order valence-electron chi connectivity index (χ1n) is 5.31. The zero-order chi connectivity index (χ0) is 12.9. The van der Waals surface area contributed by atoms with Crippen LogP contribution in [0.5, 0.6) is 5.75 Å². The first kappa shape index (κ1) is 13.8. The summed E-state index contributed by atoms with van der Waals surface area (Å²) < 4.78 is 35.5. The van der Waals surface area contributed by atoms with Gasteiger partial charge in [-0.2, -0.15) is 13.2 Å². The molecule has 1 aromatic rings. The molecular formula is C11H15F3N2O. The van der Waals surface area contributed by atoms with Crippen molar-refractivity contribution in [3.8, 4) is 5.75 Å². The zero-order valence-electron chi connectivity index (χ0n) is 9.51. The Hall–Kier alpha value is -1.30. The quantitative estimate of drug-likeness (QED) is 0.787. The largest absolute Gasteiger partial charge is 0.506 e. The minimum absolute atomic E-state index is 0.0239. The molecule has 0 bridgehead atoms. The summed E-state index contributed by atoms with van der Waals surface area (Å²) in [4.78, 5) is 4.08. The van der Waals surface area contributed by atoms with E-state index in [2.05, 4.69) is 10.3 Å². The minimum atomic E-state index is -4.11. The highest BCUT2D eigenvalue weighted by molar-refractivity contribution is 5.27. The summed E-state index contributed by atoms with van der Waals surface area (Å²) in [5.74, 6) is 0.0546. The molecule has 0 atom stereocenters. The van der Waals surface area contributed by atoms with E-state index in [1.54, 1.807) is 13.0 Å². The number of nitrogens with one attached hydrogen (secondary N) is 1. The molecule has 96 valence electrons. The molecule has 0 amide bonds. The number of halogens is 3. The second kappa shape index (κ2) is 5.86. The van der Waals surface area contributed by atoms with Crippen LogP contribution in [0, 0.1) is 6.92 Å². The lowest BCUT2D eigenvalue weighted by molar-refractivity contribution is -0.135. The molecule has 0 saturated carbocycles. The van der Waals surface area contributed by atoms with Gasteiger partial charge in [0.25, 0.3) is 0 Å². The summed E-state index contributed by atoms with van der Waals surface area (Å²) in [6.45, 7) is 2.30. The Balaban J connectivity index is 2.29. The first-order valence-corrected chi connectivity index (χ1v) is 5.31. The van der Waals surface area contributed by atoms with E-state index in [9.17, 15) is 18.3 Å². The van der Waals surface area contributed by atoms with Crippen molar-refractivity contribution >= 4 is 0 Å². The molecule has 0 aliphatic rings. The molecule has 1 rings (SSSR count). The van der Waals surface area contributed by atoms with E-state index < -0.39 is 12.6 Å². The maximum Gasteiger partial charge on any atom is 0.389 e. The third-order valence-electron chi connectivity index (χ3n) is 2.20. The normalized spacial score (nSPS) is 11.8. The molecule has 0 unspecified atom stereocenters. The van der Waals surface area contributed by atoms with Crippen molar-refractivity contribution < 1.29 is 18.3 Å². The van der Waals surface area contributed by atoms with Crippen molar-refractivity contribution in [3.63, 3.8) is 0 Å². The third-order valence-corrected chi connectivity index (χ3v) is 2.20. The number of aromatic nitrogens is 1. The number of nitrogens with zero attached hydrogens (tertiary/aromatic N) is 1. The van der Waals surface area contributed by atoms with Crippen molar-refractivity contribution in [2.45, 2.75) is 32.5 Å². The van der Waals surface area contributed by atoms with Gasteiger partial charge in [-0.15, -0.1) is 0 Å². The highest BCUT2D eigenvalue weighted by atomic mass is 19.4. The van der Waals surface area contributed by atoms with E-state index in [4.69, 9.17) is 0 Å². The predicted octanol–water partition coefficient (Wildman–Crippen LogP) is 2.53. The second-order valence-corrected chi connectivity index (χ2v) is 3.81. The molecule has 1 heterocycles. The standard InChI is InChI=1S/C11H15F3N2O/c1-8-3-4-10(17)9(16-8)7-15-6-2-5-11(12,13)14/h3-4,15,17H,2,5-7H2,1H3. The molecule has 0 aromatic carbocycles. The van der Waals surface area contributed by atoms with Crippen LogP contribution in [0.4, 0.5) is 13.2 Å². The molecule has 0 aliphatic heterocycles. The summed E-state index contributed by atoms with van der Waals surface area (Å²) in [5, 5.41) is 12.3. The zero-order valence-corrected chi connectivity index (χ0v) is 9.51. The Morgan fingerprint density at radius 2 is 2.06 bits per heavy atom. The predicted molar refractivity (Wildman–Crippen MR) is 57.6 cm³/mol. The number of aryl methyl sites for hydroxylation is 1. The van der Waals surface area contributed by atoms with Gasteiger partial charge in [0, 0.05) is 18.7 Å². The van der Waals surface area contributed by atoms with E-state index in [0.29, 0.717) is 5.69 Å². The maximum absolute atomic E-state index is 11.8. The highest BCUT2D eigenvalue weighted by Crippen LogP contribution is 2.20. The number of rotatable bonds is 5. The SMILES string of the molecule is Cc1ccc(O)c(CNCCCC(F)(F)F)n1. The maximum atomic E-state index is 11.8. The van der Waals surface area contributed by atoms with Gasteiger partial charge < -0.3 is 10.4 Å². The summed E-state index contributed by atoms with van der Waals surface area (Å²) in [5.41, 5.74) is 1.21. The second-order valence-electron chi connectivity index (χ2n) is 3.81. The number of aromatic hydroxyl groups is 1. The lowest BCUT2D eigenvalue weighted by Crippen LogP contribution is -2.18. The number of hydrogen-bond acceptors (Lipinski definition) is 3. The van der Waals surface area contributed by atoms with Crippen molar-refractivity contribution in [1.29, 1.82) is 0 Å². The van der Waals surface area contributed by atoms with E-state index in [0.717, 1.165) is 5.69 Å². The molecule has 0 saturated heterocycles. The molecule has 6 heteroatoms. The average molecular weight is 248 g/mol. The molecule has 0 radical (unpaired) electrons. The topological polar surface area (TPSA) is 45.1 Å². The Morgan fingerprint density at radius 1 is 1.35 bits per heavy atom. The van der Waals surface area contributed by atoms with E-state index in [1.807, 2.05) is 0 Å². The molecule has 17 heavy (non-hydrogen) atoms. The summed E-state index contributed by atoms with van der Waals surface area (Å²) in [7, 11) is 0. The van der Waals surface area contributed by atoms with Crippen LogP contribution in [-0.2, 0) is 6.54 Å². The fraction of sp³-hybridized carbons (Fsp3) is 0.545. The lowest BCUT2D eigenvalue weighted by Gasteiger charge is -2.08. The first-order chi connectivity index (χ1) is 7.88. The monoisotopic (exact) mass is 248 g/mol. The van der Waals surface area contributed by atoms with Crippen molar-refractivity contribution in [2.75, 3.05) is 6.54 Å². The lowest BCUT2D eigenvalue weighted by atomic mass is 10.2. The Morgan fingerprint density at radius 3 is 2.71 bits per heavy atom. The van der Waals surface area contributed by atoms with Gasteiger partial charge >= 0.3 is 6.18 Å². The van der Waals surface area contributed by atoms with E-state index in [-0.39, 0.29) is 25.3 Å². The van der Waals surface area contributed by atoms with Crippen LogP contribution in [-0.4, -0.2) is 22.8 Å². The van der Waals surface area contributed by atoms with Crippen LogP contribution in [0.3, 0.4) is 0 Å². The van der Waals surface area contributed by atoms with Crippen LogP contribution >= 0.6 is 0 Å². The average Bonchev–Trinajstić information content (AvgIpc) is 2.21. The van der Waals surface area contributed by atoms with Gasteiger partial charge in [-0.25, -0.2) is 0 Å². The Bertz CT molecular complexity index is 366. The molecule has 1 aromatic heterocycles. The van der Waals surface area contributed by atoms with E-state index >= 15 is 0 Å². The molecular weight excluding hydrogens is 233 g/mol. The minimum Gasteiger partial charge on any atom is -0.506 e. The van der Waals surface area contributed by atoms with Gasteiger partial charge in [-0.3, -0.25) is 4.98 Å². The number of alkyl halides is 3. The fourth-order valence-electron chi connectivity index (χ4n) is 1.35. The van der Waals surface area contributed by atoms with Crippen LogP contribution in [0.25, 0.3) is 0 Å². The smallest absolute Gasteiger partial charge is 0.389 e. The van der Waals surface area contributed by atoms with Crippen LogP contribution in [0.1, 0.15) is 24.2 Å². The van der Waals surface area contributed by atoms with Crippen molar-refractivity contribution in [1.82, 2.24) is 10.3 Å². The Kier molecular flexibility index (Phi) is 4.74. The van der Waals surface area contributed by atoms with Gasteiger partial charge in [0.1, 0.15) is 5.75 Å². The molecule has 2 N–H and O–H groups in total. The number of pyridine rings is 1. The van der Waals surface area contributed by atoms with Gasteiger partial charge in [-0.05, 0) is 32.0 Å². The van der Waals surface area contributed by atoms with Crippen LogP contribution in [0.2, 0.25) is 0 Å². The van der Waals surface area contributed by atoms with Crippen molar-refractivity contribution in [3.05, 3.63) is 23.5 Å². The van der Waals surface area contributed by atoms with Crippen LogP contribution in [0.15, 0.2) is 12.1 Å². The van der Waals surface area contributed by atoms with Crippen LogP contribution < -0.4 is 5.32 Å². The highest BCUT2D eigenvalue weighted by Gasteiger charge is 2.25. The number of hydrogen-bond donors (Lipinski definition) is 2. The van der Waals surface area contributed by atoms with Gasteiger partial charge in [0.2, 0.25) is 0 Å². The molecule has 0 aliphatic carbocycles. The Labute approximate surface area is 97.7 Å². The van der Waals surface area contributed by atoms with Crippen molar-refractivity contribution in [2.24, 2.45) is 0 Å². The molecule has 0 fully saturated rings. The van der Waals surface area contributed by atoms with Gasteiger partial charge in [-0.1, -0.05) is 0 Å². The van der Waals surface area contributed by atoms with Gasteiger partial charge in [0.05, 0.1) is 5.69 Å². The summed E-state index contributed by atoms with van der Waals surface area (Å²) in [6.07, 6.45) is -4.88. The van der Waals surface area contributed by atoms with E-state index in [1.165, 1.54) is 6.07 Å². The molecule has 0 spiro atoms. The fourth-order valence-corrected chi connectivity index (χ4v) is 1.35. The summed E-state index contributed by atoms with van der Waals surface area (Å²) in [6, 6.07) is 3.19. The summed E-state index contributed by atoms with van der Waals surface area (Å²) >= 11 is 0. The van der Waals surface area contributed by atoms with Gasteiger partial charge in [0.15, 0.2) is 0 Å².